The fraction of sp³-hybridized carbons (Fsp3) is 0. The van der Waals surface area contributed by atoms with Crippen molar-refractivity contribution >= 4 is 20.8 Å². The first kappa shape index (κ1) is 32.4. The molecule has 0 saturated carbocycles. The van der Waals surface area contributed by atoms with Gasteiger partial charge in [0.1, 0.15) is 0 Å². The van der Waals surface area contributed by atoms with Gasteiger partial charge in [-0.3, -0.25) is 0 Å². The fourth-order valence-electron chi connectivity index (χ4n) is 0. The molecule has 8 heavy (non-hydrogen) atoms. The van der Waals surface area contributed by atoms with E-state index >= 15 is 0 Å². The van der Waals surface area contributed by atoms with E-state index in [0.29, 0.717) is 0 Å². The van der Waals surface area contributed by atoms with Gasteiger partial charge in [0.05, 0.1) is 0 Å². The maximum Gasteiger partial charge on any atom is 1.00 e. The molecule has 54 valence electrons. The minimum absolute atomic E-state index is 0. The summed E-state index contributed by atoms with van der Waals surface area (Å²) in [6, 6.07) is 0. The first-order valence-electron chi connectivity index (χ1n) is 0.516. The molecule has 0 radical (unpaired) electrons. The third-order valence-electron chi connectivity index (χ3n) is 0. The van der Waals surface area contributed by atoms with Crippen molar-refractivity contribution in [2.75, 3.05) is 0 Å². The van der Waals surface area contributed by atoms with Crippen LogP contribution in [0.4, 0.5) is 0 Å². The number of rotatable bonds is 0. The molecule has 0 aromatic carbocycles. The van der Waals surface area contributed by atoms with Crippen LogP contribution in [0, 0.1) is 0 Å². The molecule has 0 spiro atoms. The molecule has 0 heterocycles. The van der Waals surface area contributed by atoms with E-state index in [1.54, 1.807) is 0 Å². The molecule has 0 aliphatic rings. The van der Waals surface area contributed by atoms with Crippen molar-refractivity contribution in [1.29, 1.82) is 0 Å². The summed E-state index contributed by atoms with van der Waals surface area (Å²) in [4.78, 5) is 0. The summed E-state index contributed by atoms with van der Waals surface area (Å²) in [5.74, 6) is 0. The van der Waals surface area contributed by atoms with Crippen molar-refractivity contribution in [3.05, 3.63) is 0 Å². The zero-order valence-corrected chi connectivity index (χ0v) is 9.77. The van der Waals surface area contributed by atoms with Gasteiger partial charge in [0.15, 0.2) is 0 Å². The molecular formula is H6AuNaO4S2. The van der Waals surface area contributed by atoms with E-state index in [9.17, 15) is 0 Å². The van der Waals surface area contributed by atoms with Crippen LogP contribution >= 0.6 is 0 Å². The van der Waals surface area contributed by atoms with E-state index in [-0.39, 0.29) is 64.3 Å². The molecule has 8 heteroatoms. The van der Waals surface area contributed by atoms with Gasteiger partial charge in [-0.25, -0.2) is 11.2 Å². The van der Waals surface area contributed by atoms with Gasteiger partial charge in [-0.05, 0) is 0 Å². The molecule has 4 nitrogen and oxygen atoms in total. The predicted molar refractivity (Wildman–Crippen MR) is 26.4 cm³/mol. The van der Waals surface area contributed by atoms with Crippen molar-refractivity contribution < 1.29 is 73.1 Å². The summed E-state index contributed by atoms with van der Waals surface area (Å²) in [7, 11) is -2.03. The predicted octanol–water partition coefficient (Wildman–Crippen LogP) is -4.65. The van der Waals surface area contributed by atoms with Gasteiger partial charge in [-0.2, -0.15) is 0 Å². The standard InChI is InChI=1S/Au.Na.HO2S2.2H2O.H/c;;1-4(2)3;;;/h;;(H,1,2,3);2*1H2;/q2*+1;-1;;;-1. The molecule has 0 rings (SSSR count). The van der Waals surface area contributed by atoms with Gasteiger partial charge < -0.3 is 21.1 Å². The molecule has 0 amide bonds. The molecule has 5 N–H and O–H groups in total. The summed E-state index contributed by atoms with van der Waals surface area (Å²) in [5.41, 5.74) is 0. The van der Waals surface area contributed by atoms with E-state index in [0.717, 1.165) is 0 Å². The minimum atomic E-state index is -2.03. The summed E-state index contributed by atoms with van der Waals surface area (Å²) in [6.07, 6.45) is 0. The van der Waals surface area contributed by atoms with Crippen molar-refractivity contribution in [3.8, 4) is 0 Å². The SMILES string of the molecule is O.O.O=[S-](O)=S.[Au+].[H-].[Na+]. The van der Waals surface area contributed by atoms with Gasteiger partial charge in [0.25, 0.3) is 0 Å². The topological polar surface area (TPSA) is 100 Å². The second kappa shape index (κ2) is 23.0. The van der Waals surface area contributed by atoms with Crippen molar-refractivity contribution in [1.82, 2.24) is 0 Å². The molecule has 0 bridgehead atoms. The van der Waals surface area contributed by atoms with Crippen LogP contribution in [0.15, 0.2) is 0 Å². The quantitative estimate of drug-likeness (QED) is 0.269. The van der Waals surface area contributed by atoms with E-state index in [1.165, 1.54) is 0 Å². The smallest absolute Gasteiger partial charge is 1.00 e. The van der Waals surface area contributed by atoms with Gasteiger partial charge in [-0.1, -0.05) is 9.64 Å². The number of hydrogen-bond acceptors (Lipinski definition) is 3. The number of hydrogen-bond donors (Lipinski definition) is 1. The van der Waals surface area contributed by atoms with Crippen LogP contribution in [0.5, 0.6) is 0 Å². The fourth-order valence-corrected chi connectivity index (χ4v) is 0. The Kier molecular flexibility index (Phi) is 93.4. The van der Waals surface area contributed by atoms with Crippen molar-refractivity contribution in [2.24, 2.45) is 0 Å². The molecule has 0 unspecified atom stereocenters. The van der Waals surface area contributed by atoms with Gasteiger partial charge in [0, 0.05) is 0 Å². The second-order valence-electron chi connectivity index (χ2n) is 0.217. The third-order valence-corrected chi connectivity index (χ3v) is 0. The third kappa shape index (κ3) is 98.6. The summed E-state index contributed by atoms with van der Waals surface area (Å²) in [6.45, 7) is 0. The van der Waals surface area contributed by atoms with E-state index in [1.807, 2.05) is 0 Å². The normalized spacial score (nSPS) is 4.25. The van der Waals surface area contributed by atoms with Crippen LogP contribution in [0.3, 0.4) is 0 Å². The molecule has 0 atom stereocenters. The van der Waals surface area contributed by atoms with E-state index in [4.69, 9.17) is 8.76 Å². The van der Waals surface area contributed by atoms with Crippen molar-refractivity contribution in [3.63, 3.8) is 0 Å². The first-order chi connectivity index (χ1) is 1.73. The Hall–Kier alpha value is 1.99. The average molecular weight is 354 g/mol. The summed E-state index contributed by atoms with van der Waals surface area (Å²) >= 11 is 3.65. The van der Waals surface area contributed by atoms with Gasteiger partial charge in [-0.15, -0.1) is 0 Å². The van der Waals surface area contributed by atoms with Gasteiger partial charge in [0.2, 0.25) is 0 Å². The monoisotopic (exact) mass is 354 g/mol. The molecule has 0 saturated heterocycles. The summed E-state index contributed by atoms with van der Waals surface area (Å²) in [5, 5.41) is 0. The molecule has 0 aliphatic carbocycles. The van der Waals surface area contributed by atoms with Gasteiger partial charge >= 0.3 is 51.9 Å². The molecule has 0 aliphatic heterocycles. The van der Waals surface area contributed by atoms with Crippen LogP contribution < -0.4 is 29.6 Å². The molecule has 0 fully saturated rings. The summed E-state index contributed by atoms with van der Waals surface area (Å²) < 4.78 is 16.3. The molecule has 0 aromatic heterocycles. The molecular weight excluding hydrogens is 348 g/mol. The van der Waals surface area contributed by atoms with Crippen LogP contribution in [0.1, 0.15) is 1.43 Å². The van der Waals surface area contributed by atoms with Crippen LogP contribution in [0.2, 0.25) is 0 Å². The zero-order valence-electron chi connectivity index (χ0n) is 4.97. The maximum atomic E-state index is 8.93. The Balaban J connectivity index is -0.00000000450. The van der Waals surface area contributed by atoms with Crippen LogP contribution in [-0.2, 0) is 47.4 Å². The molecule has 0 aromatic rings. The minimum Gasteiger partial charge on any atom is -1.00 e. The Bertz CT molecular complexity index is 67.0. The largest absolute Gasteiger partial charge is 1.00 e. The Labute approximate surface area is 92.9 Å². The zero-order chi connectivity index (χ0) is 3.58. The Morgan fingerprint density at radius 1 is 1.50 bits per heavy atom. The average Bonchev–Trinajstić information content (AvgIpc) is 0.811. The van der Waals surface area contributed by atoms with Crippen LogP contribution in [0.25, 0.3) is 0 Å². The first-order valence-corrected chi connectivity index (χ1v) is 2.55. The second-order valence-corrected chi connectivity index (χ2v) is 1.51. The van der Waals surface area contributed by atoms with Crippen LogP contribution in [-0.4, -0.2) is 15.5 Å². The maximum absolute atomic E-state index is 8.93. The van der Waals surface area contributed by atoms with E-state index in [2.05, 4.69) is 11.2 Å². The van der Waals surface area contributed by atoms with Crippen molar-refractivity contribution in [2.45, 2.75) is 0 Å². The Morgan fingerprint density at radius 2 is 1.50 bits per heavy atom. The Morgan fingerprint density at radius 3 is 1.50 bits per heavy atom. The van der Waals surface area contributed by atoms with E-state index < -0.39 is 9.64 Å².